The molecule has 4 nitrogen and oxygen atoms in total. The van der Waals surface area contributed by atoms with Crippen molar-refractivity contribution in [3.8, 4) is 0 Å². The summed E-state index contributed by atoms with van der Waals surface area (Å²) in [5.41, 5.74) is 0.981. The molecule has 0 unspecified atom stereocenters. The molecule has 0 radical (unpaired) electrons. The molecular weight excluding hydrogens is 234 g/mol. The standard InChI is InChI=1S/C9H15NO3S2/c1-4-9-10-7(2)8(14-9)5-6-13-15(3,11)12/h4-6H2,1-3H3. The van der Waals surface area contributed by atoms with Crippen LogP contribution in [-0.2, 0) is 27.1 Å². The molecule has 1 aromatic heterocycles. The minimum absolute atomic E-state index is 0.199. The zero-order valence-electron chi connectivity index (χ0n) is 9.11. The molecule has 0 fully saturated rings. The quantitative estimate of drug-likeness (QED) is 0.743. The first-order chi connectivity index (χ1) is 6.92. The number of hydrogen-bond acceptors (Lipinski definition) is 5. The lowest BCUT2D eigenvalue weighted by atomic mass is 10.3. The summed E-state index contributed by atoms with van der Waals surface area (Å²) in [7, 11) is -3.32. The Balaban J connectivity index is 2.54. The second kappa shape index (κ2) is 5.05. The molecule has 0 saturated carbocycles. The molecule has 1 aromatic rings. The van der Waals surface area contributed by atoms with Gasteiger partial charge in [0, 0.05) is 11.3 Å². The van der Waals surface area contributed by atoms with Crippen molar-refractivity contribution in [1.29, 1.82) is 0 Å². The highest BCUT2D eigenvalue weighted by molar-refractivity contribution is 7.85. The van der Waals surface area contributed by atoms with Crippen LogP contribution < -0.4 is 0 Å². The summed E-state index contributed by atoms with van der Waals surface area (Å²) in [6.07, 6.45) is 2.58. The number of aryl methyl sites for hydroxylation is 2. The van der Waals surface area contributed by atoms with Gasteiger partial charge >= 0.3 is 0 Å². The van der Waals surface area contributed by atoms with Crippen LogP contribution in [0.3, 0.4) is 0 Å². The molecule has 86 valence electrons. The van der Waals surface area contributed by atoms with E-state index in [4.69, 9.17) is 0 Å². The van der Waals surface area contributed by atoms with Crippen LogP contribution in [0.1, 0.15) is 22.5 Å². The molecule has 0 saturated heterocycles. The molecule has 6 heteroatoms. The van der Waals surface area contributed by atoms with Crippen molar-refractivity contribution in [2.45, 2.75) is 26.7 Å². The zero-order valence-corrected chi connectivity index (χ0v) is 10.7. The van der Waals surface area contributed by atoms with Crippen molar-refractivity contribution in [3.05, 3.63) is 15.6 Å². The third-order valence-electron chi connectivity index (χ3n) is 1.87. The molecule has 0 spiro atoms. The van der Waals surface area contributed by atoms with E-state index in [2.05, 4.69) is 16.1 Å². The summed E-state index contributed by atoms with van der Waals surface area (Å²) in [4.78, 5) is 5.46. The van der Waals surface area contributed by atoms with Crippen LogP contribution in [-0.4, -0.2) is 26.3 Å². The van der Waals surface area contributed by atoms with Gasteiger partial charge in [-0.1, -0.05) is 6.92 Å². The van der Waals surface area contributed by atoms with Crippen molar-refractivity contribution in [2.24, 2.45) is 0 Å². The maximum Gasteiger partial charge on any atom is 0.264 e. The van der Waals surface area contributed by atoms with Crippen molar-refractivity contribution >= 4 is 21.5 Å². The smallest absolute Gasteiger partial charge is 0.264 e. The average Bonchev–Trinajstić information content (AvgIpc) is 2.45. The summed E-state index contributed by atoms with van der Waals surface area (Å²) < 4.78 is 26.1. The average molecular weight is 249 g/mol. The van der Waals surface area contributed by atoms with Crippen LogP contribution in [0.2, 0.25) is 0 Å². The molecule has 0 aliphatic rings. The third kappa shape index (κ3) is 4.27. The maximum absolute atomic E-state index is 10.7. The van der Waals surface area contributed by atoms with Gasteiger partial charge in [-0.25, -0.2) is 4.98 Å². The van der Waals surface area contributed by atoms with Gasteiger partial charge in [0.05, 0.1) is 23.6 Å². The topological polar surface area (TPSA) is 56.3 Å². The zero-order chi connectivity index (χ0) is 11.5. The van der Waals surface area contributed by atoms with E-state index in [9.17, 15) is 8.42 Å². The minimum atomic E-state index is -3.32. The first-order valence-corrected chi connectivity index (χ1v) is 7.35. The van der Waals surface area contributed by atoms with Crippen LogP contribution in [0.4, 0.5) is 0 Å². The molecule has 0 amide bonds. The Kier molecular flexibility index (Phi) is 4.24. The van der Waals surface area contributed by atoms with E-state index in [0.717, 1.165) is 28.3 Å². The van der Waals surface area contributed by atoms with Crippen molar-refractivity contribution in [2.75, 3.05) is 12.9 Å². The fraction of sp³-hybridized carbons (Fsp3) is 0.667. The van der Waals surface area contributed by atoms with Crippen molar-refractivity contribution < 1.29 is 12.6 Å². The molecule has 0 atom stereocenters. The van der Waals surface area contributed by atoms with Gasteiger partial charge < -0.3 is 0 Å². The molecule has 0 bridgehead atoms. The lowest BCUT2D eigenvalue weighted by molar-refractivity contribution is 0.326. The molecule has 0 aliphatic heterocycles. The van der Waals surface area contributed by atoms with E-state index < -0.39 is 10.1 Å². The number of hydrogen-bond donors (Lipinski definition) is 0. The van der Waals surface area contributed by atoms with Gasteiger partial charge in [-0.15, -0.1) is 11.3 Å². The van der Waals surface area contributed by atoms with E-state index in [-0.39, 0.29) is 6.61 Å². The Bertz CT molecular complexity index is 423. The lowest BCUT2D eigenvalue weighted by Gasteiger charge is -1.99. The van der Waals surface area contributed by atoms with E-state index in [0.29, 0.717) is 6.42 Å². The highest BCUT2D eigenvalue weighted by atomic mass is 32.2. The summed E-state index contributed by atoms with van der Waals surface area (Å²) in [6, 6.07) is 0. The van der Waals surface area contributed by atoms with Gasteiger partial charge in [0.1, 0.15) is 0 Å². The highest BCUT2D eigenvalue weighted by Gasteiger charge is 2.08. The number of thiazole rings is 1. The first kappa shape index (κ1) is 12.6. The van der Waals surface area contributed by atoms with E-state index in [1.54, 1.807) is 11.3 Å². The molecule has 0 aliphatic carbocycles. The van der Waals surface area contributed by atoms with Gasteiger partial charge in [-0.3, -0.25) is 4.18 Å². The normalized spacial score (nSPS) is 11.9. The molecule has 0 N–H and O–H groups in total. The predicted molar refractivity (Wildman–Crippen MR) is 60.7 cm³/mol. The van der Waals surface area contributed by atoms with Crippen LogP contribution >= 0.6 is 11.3 Å². The second-order valence-corrected chi connectivity index (χ2v) is 6.06. The molecule has 0 aromatic carbocycles. The first-order valence-electron chi connectivity index (χ1n) is 4.72. The second-order valence-electron chi connectivity index (χ2n) is 3.25. The largest absolute Gasteiger partial charge is 0.270 e. The van der Waals surface area contributed by atoms with Crippen molar-refractivity contribution in [1.82, 2.24) is 4.98 Å². The fourth-order valence-corrected chi connectivity index (χ4v) is 2.53. The van der Waals surface area contributed by atoms with Gasteiger partial charge in [0.15, 0.2) is 0 Å². The van der Waals surface area contributed by atoms with E-state index in [1.807, 2.05) is 6.92 Å². The van der Waals surface area contributed by atoms with E-state index >= 15 is 0 Å². The summed E-state index contributed by atoms with van der Waals surface area (Å²) in [5, 5.41) is 1.09. The van der Waals surface area contributed by atoms with Crippen LogP contribution in [0, 0.1) is 6.92 Å². The third-order valence-corrected chi connectivity index (χ3v) is 3.82. The summed E-state index contributed by atoms with van der Waals surface area (Å²) in [6.45, 7) is 4.19. The summed E-state index contributed by atoms with van der Waals surface area (Å²) >= 11 is 1.62. The van der Waals surface area contributed by atoms with Gasteiger partial charge in [0.2, 0.25) is 0 Å². The number of nitrogens with zero attached hydrogens (tertiary/aromatic N) is 1. The Labute approximate surface area is 94.4 Å². The number of aromatic nitrogens is 1. The van der Waals surface area contributed by atoms with Gasteiger partial charge in [-0.2, -0.15) is 8.42 Å². The monoisotopic (exact) mass is 249 g/mol. The summed E-state index contributed by atoms with van der Waals surface area (Å²) in [5.74, 6) is 0. The van der Waals surface area contributed by atoms with Gasteiger partial charge in [0.25, 0.3) is 10.1 Å². The van der Waals surface area contributed by atoms with Crippen LogP contribution in [0.25, 0.3) is 0 Å². The van der Waals surface area contributed by atoms with Gasteiger partial charge in [-0.05, 0) is 13.3 Å². The predicted octanol–water partition coefficient (Wildman–Crippen LogP) is 1.53. The highest BCUT2D eigenvalue weighted by Crippen LogP contribution is 2.19. The van der Waals surface area contributed by atoms with Crippen LogP contribution in [0.15, 0.2) is 0 Å². The molecule has 1 rings (SSSR count). The Morgan fingerprint density at radius 3 is 2.60 bits per heavy atom. The molecule has 1 heterocycles. The minimum Gasteiger partial charge on any atom is -0.270 e. The Morgan fingerprint density at radius 2 is 2.13 bits per heavy atom. The molecule has 15 heavy (non-hydrogen) atoms. The van der Waals surface area contributed by atoms with Crippen LogP contribution in [0.5, 0.6) is 0 Å². The van der Waals surface area contributed by atoms with E-state index in [1.165, 1.54) is 0 Å². The Morgan fingerprint density at radius 1 is 1.47 bits per heavy atom. The molecular formula is C9H15NO3S2. The Hall–Kier alpha value is -0.460. The lowest BCUT2D eigenvalue weighted by Crippen LogP contribution is -2.05. The van der Waals surface area contributed by atoms with Crippen molar-refractivity contribution in [3.63, 3.8) is 0 Å². The fourth-order valence-electron chi connectivity index (χ4n) is 1.16. The maximum atomic E-state index is 10.7. The SMILES string of the molecule is CCc1nc(C)c(CCOS(C)(=O)=O)s1. The number of rotatable bonds is 5.